The van der Waals surface area contributed by atoms with Crippen LogP contribution in [0.4, 0.5) is 5.69 Å². The minimum Gasteiger partial charge on any atom is -0.352 e. The number of rotatable bonds is 6. The number of hydrogen-bond donors (Lipinski definition) is 2. The van der Waals surface area contributed by atoms with Gasteiger partial charge in [-0.3, -0.25) is 14.4 Å². The van der Waals surface area contributed by atoms with E-state index in [0.29, 0.717) is 43.7 Å². The van der Waals surface area contributed by atoms with Gasteiger partial charge < -0.3 is 15.5 Å². The second-order valence-corrected chi connectivity index (χ2v) is 7.27. The molecular formula is C24H27N3O3. The summed E-state index contributed by atoms with van der Waals surface area (Å²) in [4.78, 5) is 38.8. The molecule has 1 saturated heterocycles. The number of nitrogens with zero attached hydrogens (tertiary/aromatic N) is 1. The van der Waals surface area contributed by atoms with Crippen LogP contribution in [-0.4, -0.2) is 42.3 Å². The predicted octanol–water partition coefficient (Wildman–Crippen LogP) is 3.33. The number of anilines is 1. The third-order valence-electron chi connectivity index (χ3n) is 5.12. The highest BCUT2D eigenvalue weighted by Crippen LogP contribution is 2.20. The highest BCUT2D eigenvalue weighted by molar-refractivity contribution is 5.98. The molecule has 2 N–H and O–H groups in total. The van der Waals surface area contributed by atoms with Gasteiger partial charge in [0.2, 0.25) is 11.8 Å². The Labute approximate surface area is 177 Å². The average Bonchev–Trinajstić information content (AvgIpc) is 2.78. The van der Waals surface area contributed by atoms with Gasteiger partial charge in [-0.05, 0) is 49.6 Å². The summed E-state index contributed by atoms with van der Waals surface area (Å²) < 4.78 is 0. The first kappa shape index (κ1) is 21.3. The Bertz CT molecular complexity index is 916. The van der Waals surface area contributed by atoms with Crippen LogP contribution in [0.15, 0.2) is 60.7 Å². The number of likely N-dealkylation sites (tertiary alicyclic amines) is 1. The first-order valence-corrected chi connectivity index (χ1v) is 10.3. The molecule has 3 rings (SSSR count). The zero-order valence-corrected chi connectivity index (χ0v) is 17.1. The molecule has 0 saturated carbocycles. The summed E-state index contributed by atoms with van der Waals surface area (Å²) in [6.07, 6.45) is 4.63. The molecule has 1 aliphatic rings. The zero-order chi connectivity index (χ0) is 21.3. The fraction of sp³-hybridized carbons (Fsp3) is 0.292. The maximum absolute atomic E-state index is 12.6. The minimum atomic E-state index is -0.163. The van der Waals surface area contributed by atoms with Gasteiger partial charge in [-0.2, -0.15) is 0 Å². The Morgan fingerprint density at radius 2 is 1.77 bits per heavy atom. The van der Waals surface area contributed by atoms with E-state index in [2.05, 4.69) is 10.6 Å². The van der Waals surface area contributed by atoms with Crippen LogP contribution in [0.5, 0.6) is 0 Å². The standard InChI is InChI=1S/C24H27N3O3/c1-2-25-23(29)20-9-6-10-21(17-20)26-24(30)19-13-15-27(16-14-19)22(28)12-11-18-7-4-3-5-8-18/h3-12,17,19H,2,13-16H2,1H3,(H,25,29)(H,26,30)/b12-11+. The molecule has 30 heavy (non-hydrogen) atoms. The monoisotopic (exact) mass is 405 g/mol. The molecule has 0 radical (unpaired) electrons. The number of piperidine rings is 1. The van der Waals surface area contributed by atoms with Gasteiger partial charge >= 0.3 is 0 Å². The summed E-state index contributed by atoms with van der Waals surface area (Å²) in [5, 5.41) is 5.65. The van der Waals surface area contributed by atoms with Crippen molar-refractivity contribution in [3.8, 4) is 0 Å². The molecule has 6 nitrogen and oxygen atoms in total. The van der Waals surface area contributed by atoms with Crippen LogP contribution in [0.25, 0.3) is 6.08 Å². The van der Waals surface area contributed by atoms with Gasteiger partial charge in [0.25, 0.3) is 5.91 Å². The van der Waals surface area contributed by atoms with E-state index in [4.69, 9.17) is 0 Å². The number of carbonyl (C=O) groups excluding carboxylic acids is 3. The van der Waals surface area contributed by atoms with Gasteiger partial charge in [-0.25, -0.2) is 0 Å². The maximum atomic E-state index is 12.6. The van der Waals surface area contributed by atoms with Crippen LogP contribution >= 0.6 is 0 Å². The van der Waals surface area contributed by atoms with E-state index in [0.717, 1.165) is 5.56 Å². The molecule has 1 fully saturated rings. The smallest absolute Gasteiger partial charge is 0.251 e. The first-order valence-electron chi connectivity index (χ1n) is 10.3. The number of nitrogens with one attached hydrogen (secondary N) is 2. The number of benzene rings is 2. The number of hydrogen-bond acceptors (Lipinski definition) is 3. The minimum absolute atomic E-state index is 0.0349. The highest BCUT2D eigenvalue weighted by atomic mass is 16.2. The van der Waals surface area contributed by atoms with Crippen LogP contribution in [0.3, 0.4) is 0 Å². The summed E-state index contributed by atoms with van der Waals surface area (Å²) in [5.41, 5.74) is 2.10. The van der Waals surface area contributed by atoms with E-state index in [-0.39, 0.29) is 23.6 Å². The largest absolute Gasteiger partial charge is 0.352 e. The van der Waals surface area contributed by atoms with Crippen LogP contribution in [-0.2, 0) is 9.59 Å². The lowest BCUT2D eigenvalue weighted by Crippen LogP contribution is -2.40. The first-order chi connectivity index (χ1) is 14.6. The molecular weight excluding hydrogens is 378 g/mol. The zero-order valence-electron chi connectivity index (χ0n) is 17.1. The maximum Gasteiger partial charge on any atom is 0.251 e. The molecule has 3 amide bonds. The predicted molar refractivity (Wildman–Crippen MR) is 118 cm³/mol. The quantitative estimate of drug-likeness (QED) is 0.724. The van der Waals surface area contributed by atoms with Crippen LogP contribution < -0.4 is 10.6 Å². The summed E-state index contributed by atoms with van der Waals surface area (Å²) >= 11 is 0. The molecule has 1 heterocycles. The number of carbonyl (C=O) groups is 3. The lowest BCUT2D eigenvalue weighted by atomic mass is 9.95. The van der Waals surface area contributed by atoms with Crippen LogP contribution in [0.2, 0.25) is 0 Å². The third kappa shape index (κ3) is 5.80. The highest BCUT2D eigenvalue weighted by Gasteiger charge is 2.26. The molecule has 0 bridgehead atoms. The fourth-order valence-corrected chi connectivity index (χ4v) is 3.44. The second kappa shape index (κ2) is 10.4. The molecule has 156 valence electrons. The fourth-order valence-electron chi connectivity index (χ4n) is 3.44. The van der Waals surface area contributed by atoms with Gasteiger partial charge in [-0.1, -0.05) is 36.4 Å². The van der Waals surface area contributed by atoms with Crippen molar-refractivity contribution in [1.82, 2.24) is 10.2 Å². The van der Waals surface area contributed by atoms with Crippen molar-refractivity contribution in [3.63, 3.8) is 0 Å². The molecule has 0 aromatic heterocycles. The molecule has 0 atom stereocenters. The molecule has 0 spiro atoms. The molecule has 1 aliphatic heterocycles. The second-order valence-electron chi connectivity index (χ2n) is 7.27. The van der Waals surface area contributed by atoms with Gasteiger partial charge in [0.1, 0.15) is 0 Å². The van der Waals surface area contributed by atoms with Gasteiger partial charge in [0.05, 0.1) is 0 Å². The normalized spacial score (nSPS) is 14.5. The van der Waals surface area contributed by atoms with Gasteiger partial charge in [0.15, 0.2) is 0 Å². The van der Waals surface area contributed by atoms with Crippen molar-refractivity contribution >= 4 is 29.5 Å². The Balaban J connectivity index is 1.50. The van der Waals surface area contributed by atoms with E-state index in [9.17, 15) is 14.4 Å². The molecule has 2 aromatic carbocycles. The van der Waals surface area contributed by atoms with E-state index in [1.807, 2.05) is 43.3 Å². The number of amides is 3. The van der Waals surface area contributed by atoms with E-state index in [1.54, 1.807) is 35.2 Å². The topological polar surface area (TPSA) is 78.5 Å². The third-order valence-corrected chi connectivity index (χ3v) is 5.12. The summed E-state index contributed by atoms with van der Waals surface area (Å²) in [5.74, 6) is -0.424. The Kier molecular flexibility index (Phi) is 7.38. The Hall–Kier alpha value is -3.41. The van der Waals surface area contributed by atoms with Crippen LogP contribution in [0.1, 0.15) is 35.7 Å². The van der Waals surface area contributed by atoms with Gasteiger partial charge in [0, 0.05) is 42.9 Å². The Morgan fingerprint density at radius 1 is 1.03 bits per heavy atom. The molecule has 0 aliphatic carbocycles. The average molecular weight is 405 g/mol. The summed E-state index contributed by atoms with van der Waals surface area (Å²) in [7, 11) is 0. The van der Waals surface area contributed by atoms with Gasteiger partial charge in [-0.15, -0.1) is 0 Å². The lowest BCUT2D eigenvalue weighted by molar-refractivity contribution is -0.130. The molecule has 0 unspecified atom stereocenters. The molecule has 6 heteroatoms. The lowest BCUT2D eigenvalue weighted by Gasteiger charge is -2.30. The Morgan fingerprint density at radius 3 is 2.47 bits per heavy atom. The van der Waals surface area contributed by atoms with E-state index in [1.165, 1.54) is 0 Å². The summed E-state index contributed by atoms with van der Waals surface area (Å²) in [6.45, 7) is 3.51. The molecule has 2 aromatic rings. The SMILES string of the molecule is CCNC(=O)c1cccc(NC(=O)C2CCN(C(=O)/C=C/c3ccccc3)CC2)c1. The van der Waals surface area contributed by atoms with Crippen molar-refractivity contribution < 1.29 is 14.4 Å². The summed E-state index contributed by atoms with van der Waals surface area (Å²) in [6, 6.07) is 16.6. The van der Waals surface area contributed by atoms with Crippen LogP contribution in [0, 0.1) is 5.92 Å². The van der Waals surface area contributed by atoms with Crippen molar-refractivity contribution in [2.75, 3.05) is 25.0 Å². The van der Waals surface area contributed by atoms with Crippen molar-refractivity contribution in [2.24, 2.45) is 5.92 Å². The van der Waals surface area contributed by atoms with Crippen molar-refractivity contribution in [1.29, 1.82) is 0 Å². The van der Waals surface area contributed by atoms with Crippen molar-refractivity contribution in [3.05, 3.63) is 71.8 Å². The van der Waals surface area contributed by atoms with Crippen molar-refractivity contribution in [2.45, 2.75) is 19.8 Å². The van der Waals surface area contributed by atoms with E-state index < -0.39 is 0 Å². The van der Waals surface area contributed by atoms with E-state index >= 15 is 0 Å².